The van der Waals surface area contributed by atoms with Crippen molar-refractivity contribution in [1.82, 2.24) is 19.5 Å². The maximum Gasteiger partial charge on any atom is 0.144 e. The maximum atomic E-state index is 9.42. The van der Waals surface area contributed by atoms with E-state index in [2.05, 4.69) is 44.2 Å². The average Bonchev–Trinajstić information content (AvgIpc) is 3.15. The standard InChI is InChI=1S/C26H29N7O/c1-17-10-19-8-9-33(13-21(19)25(29-17)32-15-26(3,14-27)16-32)30-22-7-6-20(11-24(22)34-5)23-12-28-18(2)31(23)4/h6-12,30H,13,15-16H2,1-5H3. The summed E-state index contributed by atoms with van der Waals surface area (Å²) in [4.78, 5) is 11.4. The summed E-state index contributed by atoms with van der Waals surface area (Å²) in [6, 6.07) is 10.7. The molecule has 2 aliphatic heterocycles. The maximum absolute atomic E-state index is 9.42. The highest BCUT2D eigenvalue weighted by Gasteiger charge is 2.41. The molecule has 4 heterocycles. The van der Waals surface area contributed by atoms with E-state index in [4.69, 9.17) is 9.72 Å². The number of aryl methyl sites for hydroxylation is 2. The van der Waals surface area contributed by atoms with E-state index in [1.54, 1.807) is 7.11 Å². The second-order valence-electron chi connectivity index (χ2n) is 9.40. The molecule has 174 valence electrons. The molecule has 0 bridgehead atoms. The fourth-order valence-corrected chi connectivity index (χ4v) is 4.64. The topological polar surface area (TPSA) is 82.2 Å². The fourth-order valence-electron chi connectivity index (χ4n) is 4.64. The smallest absolute Gasteiger partial charge is 0.144 e. The van der Waals surface area contributed by atoms with Gasteiger partial charge >= 0.3 is 0 Å². The number of pyridine rings is 1. The molecule has 8 heteroatoms. The van der Waals surface area contributed by atoms with Gasteiger partial charge in [-0.3, -0.25) is 10.4 Å². The number of benzene rings is 1. The SMILES string of the molecule is COc1cc(-c2cnc(C)n2C)ccc1NN1C=Cc2cc(C)nc(N3CC(C)(C#N)C3)c2C1. The Morgan fingerprint density at radius 3 is 2.68 bits per heavy atom. The largest absolute Gasteiger partial charge is 0.494 e. The number of anilines is 2. The monoisotopic (exact) mass is 455 g/mol. The summed E-state index contributed by atoms with van der Waals surface area (Å²) in [5.41, 5.74) is 9.44. The molecule has 5 rings (SSSR count). The van der Waals surface area contributed by atoms with Crippen LogP contribution in [0.5, 0.6) is 5.75 Å². The predicted molar refractivity (Wildman–Crippen MR) is 133 cm³/mol. The Kier molecular flexibility index (Phi) is 5.20. The number of methoxy groups -OCH3 is 1. The number of nitrogens with one attached hydrogen (secondary N) is 1. The first kappa shape index (κ1) is 21.8. The number of ether oxygens (including phenoxy) is 1. The van der Waals surface area contributed by atoms with Crippen molar-refractivity contribution >= 4 is 17.6 Å². The van der Waals surface area contributed by atoms with E-state index in [1.165, 1.54) is 5.56 Å². The van der Waals surface area contributed by atoms with Gasteiger partial charge in [-0.15, -0.1) is 0 Å². The Labute approximate surface area is 200 Å². The van der Waals surface area contributed by atoms with Crippen LogP contribution in [0.15, 0.2) is 36.7 Å². The van der Waals surface area contributed by atoms with Crippen molar-refractivity contribution in [2.75, 3.05) is 30.5 Å². The molecule has 0 amide bonds. The van der Waals surface area contributed by atoms with Gasteiger partial charge in [0.1, 0.15) is 17.4 Å². The normalized spacial score (nSPS) is 16.0. The molecule has 0 aliphatic carbocycles. The van der Waals surface area contributed by atoms with Crippen molar-refractivity contribution < 1.29 is 4.74 Å². The summed E-state index contributed by atoms with van der Waals surface area (Å²) in [6.45, 7) is 8.06. The Balaban J connectivity index is 1.39. The minimum atomic E-state index is -0.303. The lowest BCUT2D eigenvalue weighted by Gasteiger charge is -2.45. The highest BCUT2D eigenvalue weighted by Crippen LogP contribution is 2.38. The van der Waals surface area contributed by atoms with Crippen LogP contribution in [0.25, 0.3) is 17.3 Å². The summed E-state index contributed by atoms with van der Waals surface area (Å²) in [6.07, 6.45) is 6.02. The number of aromatic nitrogens is 3. The van der Waals surface area contributed by atoms with E-state index in [-0.39, 0.29) is 5.41 Å². The van der Waals surface area contributed by atoms with Crippen molar-refractivity contribution in [3.8, 4) is 23.1 Å². The number of nitriles is 1. The van der Waals surface area contributed by atoms with E-state index < -0.39 is 0 Å². The Morgan fingerprint density at radius 1 is 1.21 bits per heavy atom. The minimum absolute atomic E-state index is 0.303. The highest BCUT2D eigenvalue weighted by atomic mass is 16.5. The Bertz CT molecular complexity index is 1330. The van der Waals surface area contributed by atoms with Crippen molar-refractivity contribution in [2.45, 2.75) is 27.3 Å². The molecule has 2 aromatic heterocycles. The lowest BCUT2D eigenvalue weighted by Crippen LogP contribution is -2.55. The third kappa shape index (κ3) is 3.73. The molecule has 8 nitrogen and oxygen atoms in total. The molecule has 3 aromatic rings. The van der Waals surface area contributed by atoms with E-state index in [1.807, 2.05) is 57.4 Å². The molecule has 0 atom stereocenters. The number of imidazole rings is 1. The van der Waals surface area contributed by atoms with E-state index >= 15 is 0 Å². The van der Waals surface area contributed by atoms with Crippen LogP contribution in [0, 0.1) is 30.6 Å². The van der Waals surface area contributed by atoms with Crippen LogP contribution in [0.4, 0.5) is 11.5 Å². The first-order valence-electron chi connectivity index (χ1n) is 11.4. The van der Waals surface area contributed by atoms with Crippen LogP contribution in [-0.2, 0) is 13.6 Å². The molecule has 0 saturated carbocycles. The van der Waals surface area contributed by atoms with Gasteiger partial charge in [-0.25, -0.2) is 9.97 Å². The molecule has 0 unspecified atom stereocenters. The molecule has 0 spiro atoms. The second kappa shape index (κ2) is 8.10. The van der Waals surface area contributed by atoms with Gasteiger partial charge in [0.25, 0.3) is 0 Å². The fraction of sp³-hybridized carbons (Fsp3) is 0.346. The zero-order chi connectivity index (χ0) is 24.0. The molecule has 2 aliphatic rings. The van der Waals surface area contributed by atoms with Gasteiger partial charge in [-0.05, 0) is 50.6 Å². The Hall–Kier alpha value is -3.99. The van der Waals surface area contributed by atoms with Gasteiger partial charge in [0.05, 0.1) is 42.7 Å². The average molecular weight is 456 g/mol. The van der Waals surface area contributed by atoms with Crippen LogP contribution < -0.4 is 15.1 Å². The lowest BCUT2D eigenvalue weighted by atomic mass is 9.83. The molecule has 1 aromatic carbocycles. The second-order valence-corrected chi connectivity index (χ2v) is 9.40. The van der Waals surface area contributed by atoms with Crippen molar-refractivity contribution in [1.29, 1.82) is 5.26 Å². The number of hydrazine groups is 1. The zero-order valence-corrected chi connectivity index (χ0v) is 20.3. The van der Waals surface area contributed by atoms with Gasteiger partial charge in [0.2, 0.25) is 0 Å². The van der Waals surface area contributed by atoms with Crippen molar-refractivity contribution in [3.63, 3.8) is 0 Å². The summed E-state index contributed by atoms with van der Waals surface area (Å²) in [7, 11) is 3.69. The van der Waals surface area contributed by atoms with Gasteiger partial charge in [-0.2, -0.15) is 5.26 Å². The van der Waals surface area contributed by atoms with E-state index in [0.29, 0.717) is 19.6 Å². The first-order chi connectivity index (χ1) is 16.3. The molecular weight excluding hydrogens is 426 g/mol. The number of rotatable bonds is 5. The lowest BCUT2D eigenvalue weighted by molar-refractivity contribution is 0.331. The first-order valence-corrected chi connectivity index (χ1v) is 11.4. The van der Waals surface area contributed by atoms with Crippen LogP contribution in [-0.4, -0.2) is 39.7 Å². The van der Waals surface area contributed by atoms with Gasteiger partial charge < -0.3 is 14.2 Å². The van der Waals surface area contributed by atoms with Crippen LogP contribution >= 0.6 is 0 Å². The van der Waals surface area contributed by atoms with E-state index in [9.17, 15) is 5.26 Å². The third-order valence-electron chi connectivity index (χ3n) is 6.66. The number of hydrogen-bond acceptors (Lipinski definition) is 7. The van der Waals surface area contributed by atoms with Gasteiger partial charge in [-0.1, -0.05) is 6.07 Å². The molecule has 0 radical (unpaired) electrons. The molecule has 1 fully saturated rings. The minimum Gasteiger partial charge on any atom is -0.494 e. The number of nitrogens with zero attached hydrogens (tertiary/aromatic N) is 6. The summed E-state index contributed by atoms with van der Waals surface area (Å²) in [5, 5.41) is 11.5. The zero-order valence-electron chi connectivity index (χ0n) is 20.3. The molecule has 1 N–H and O–H groups in total. The van der Waals surface area contributed by atoms with Gasteiger partial charge in [0.15, 0.2) is 0 Å². The molecular formula is C26H29N7O. The quantitative estimate of drug-likeness (QED) is 0.615. The summed E-state index contributed by atoms with van der Waals surface area (Å²) in [5.74, 6) is 2.68. The molecule has 1 saturated heterocycles. The predicted octanol–water partition coefficient (Wildman–Crippen LogP) is 4.27. The summed E-state index contributed by atoms with van der Waals surface area (Å²) < 4.78 is 7.78. The number of hydrogen-bond donors (Lipinski definition) is 1. The van der Waals surface area contributed by atoms with E-state index in [0.717, 1.165) is 45.6 Å². The summed E-state index contributed by atoms with van der Waals surface area (Å²) >= 11 is 0. The van der Waals surface area contributed by atoms with Crippen LogP contribution in [0.1, 0.15) is 29.6 Å². The highest BCUT2D eigenvalue weighted by molar-refractivity contribution is 5.70. The van der Waals surface area contributed by atoms with Crippen molar-refractivity contribution in [2.24, 2.45) is 12.5 Å². The van der Waals surface area contributed by atoms with Crippen molar-refractivity contribution in [3.05, 3.63) is 59.3 Å². The van der Waals surface area contributed by atoms with Gasteiger partial charge in [0, 0.05) is 43.2 Å². The third-order valence-corrected chi connectivity index (χ3v) is 6.66. The van der Waals surface area contributed by atoms with Crippen LogP contribution in [0.3, 0.4) is 0 Å². The van der Waals surface area contributed by atoms with Crippen LogP contribution in [0.2, 0.25) is 0 Å². The Morgan fingerprint density at radius 2 is 2.00 bits per heavy atom. The molecule has 34 heavy (non-hydrogen) atoms. The number of fused-ring (bicyclic) bond motifs is 1.